The summed E-state index contributed by atoms with van der Waals surface area (Å²) in [6, 6.07) is 12.5. The lowest BCUT2D eigenvalue weighted by Gasteiger charge is -2.20. The Balaban J connectivity index is 1.54. The van der Waals surface area contributed by atoms with E-state index >= 15 is 0 Å². The monoisotopic (exact) mass is 438 g/mol. The number of nitrogens with one attached hydrogen (secondary N) is 1. The number of carbonyl (C=O) groups is 1. The predicted molar refractivity (Wildman–Crippen MR) is 111 cm³/mol. The number of amides is 1. The zero-order valence-electron chi connectivity index (χ0n) is 16.0. The van der Waals surface area contributed by atoms with E-state index in [4.69, 9.17) is 21.1 Å². The number of benzene rings is 2. The number of hydrogen-bond acceptors (Lipinski definition) is 5. The summed E-state index contributed by atoms with van der Waals surface area (Å²) in [6.45, 7) is 1.10. The van der Waals surface area contributed by atoms with Gasteiger partial charge in [0, 0.05) is 25.2 Å². The Kier molecular flexibility index (Phi) is 7.00. The fourth-order valence-electron chi connectivity index (χ4n) is 2.89. The van der Waals surface area contributed by atoms with E-state index in [9.17, 15) is 13.2 Å². The lowest BCUT2D eigenvalue weighted by molar-refractivity contribution is -0.123. The van der Waals surface area contributed by atoms with Crippen LogP contribution in [-0.2, 0) is 19.6 Å². The van der Waals surface area contributed by atoms with E-state index in [1.807, 2.05) is 0 Å². The molecule has 2 aromatic carbocycles. The highest BCUT2D eigenvalue weighted by molar-refractivity contribution is 7.92. The van der Waals surface area contributed by atoms with Crippen molar-refractivity contribution in [2.45, 2.75) is 23.8 Å². The third kappa shape index (κ3) is 5.62. The number of ether oxygens (including phenoxy) is 2. The van der Waals surface area contributed by atoms with Gasteiger partial charge in [0.1, 0.15) is 5.75 Å². The van der Waals surface area contributed by atoms with Gasteiger partial charge in [0.2, 0.25) is 0 Å². The van der Waals surface area contributed by atoms with Crippen molar-refractivity contribution in [3.63, 3.8) is 0 Å². The van der Waals surface area contributed by atoms with Crippen LogP contribution >= 0.6 is 11.6 Å². The van der Waals surface area contributed by atoms with Gasteiger partial charge in [-0.1, -0.05) is 11.6 Å². The van der Waals surface area contributed by atoms with E-state index < -0.39 is 10.0 Å². The first kappa shape index (κ1) is 21.4. The number of carbonyl (C=O) groups excluding carboxylic acids is 1. The van der Waals surface area contributed by atoms with Crippen LogP contribution in [0.2, 0.25) is 5.02 Å². The van der Waals surface area contributed by atoms with Crippen LogP contribution in [0, 0.1) is 0 Å². The molecular formula is C20H23ClN2O5S. The number of hydrogen-bond donors (Lipinski definition) is 1. The smallest absolute Gasteiger partial charge is 0.264 e. The van der Waals surface area contributed by atoms with Gasteiger partial charge < -0.3 is 14.8 Å². The van der Waals surface area contributed by atoms with Gasteiger partial charge >= 0.3 is 0 Å². The second-order valence-corrected chi connectivity index (χ2v) is 9.05. The molecule has 1 amide bonds. The average Bonchev–Trinajstić information content (AvgIpc) is 3.24. The summed E-state index contributed by atoms with van der Waals surface area (Å²) in [6.07, 6.45) is 2.05. The minimum absolute atomic E-state index is 0.0800. The molecule has 0 unspecified atom stereocenters. The average molecular weight is 439 g/mol. The Morgan fingerprint density at radius 3 is 2.52 bits per heavy atom. The maximum absolute atomic E-state index is 12.7. The molecule has 9 heteroatoms. The van der Waals surface area contributed by atoms with Gasteiger partial charge in [-0.3, -0.25) is 9.10 Å². The van der Waals surface area contributed by atoms with Crippen molar-refractivity contribution < 1.29 is 22.7 Å². The number of rotatable bonds is 8. The Hall–Kier alpha value is -2.29. The molecule has 0 aromatic heterocycles. The summed E-state index contributed by atoms with van der Waals surface area (Å²) in [7, 11) is -2.23. The third-order valence-corrected chi connectivity index (χ3v) is 6.64. The summed E-state index contributed by atoms with van der Waals surface area (Å²) in [5.74, 6) is 0.241. The highest BCUT2D eigenvalue weighted by atomic mass is 35.5. The Morgan fingerprint density at radius 1 is 1.21 bits per heavy atom. The van der Waals surface area contributed by atoms with Gasteiger partial charge in [0.15, 0.2) is 6.61 Å². The molecule has 29 heavy (non-hydrogen) atoms. The summed E-state index contributed by atoms with van der Waals surface area (Å²) in [4.78, 5) is 12.0. The van der Waals surface area contributed by atoms with Gasteiger partial charge in [-0.05, 0) is 61.4 Å². The Bertz CT molecular complexity index is 926. The molecule has 0 bridgehead atoms. The van der Waals surface area contributed by atoms with Crippen molar-refractivity contribution in [3.8, 4) is 5.75 Å². The normalized spacial score (nSPS) is 16.4. The Morgan fingerprint density at radius 2 is 1.90 bits per heavy atom. The molecule has 0 saturated carbocycles. The second kappa shape index (κ2) is 9.47. The maximum Gasteiger partial charge on any atom is 0.264 e. The van der Waals surface area contributed by atoms with Gasteiger partial charge in [-0.25, -0.2) is 8.42 Å². The molecule has 1 atom stereocenters. The van der Waals surface area contributed by atoms with Crippen molar-refractivity contribution in [2.75, 3.05) is 31.1 Å². The topological polar surface area (TPSA) is 84.9 Å². The van der Waals surface area contributed by atoms with E-state index in [2.05, 4.69) is 5.32 Å². The molecule has 156 valence electrons. The number of sulfonamides is 1. The molecule has 2 aromatic rings. The number of anilines is 1. The summed E-state index contributed by atoms with van der Waals surface area (Å²) >= 11 is 5.82. The fraction of sp³-hybridized carbons (Fsp3) is 0.350. The highest BCUT2D eigenvalue weighted by Gasteiger charge is 2.21. The van der Waals surface area contributed by atoms with Crippen molar-refractivity contribution in [1.82, 2.24) is 5.32 Å². The number of halogens is 1. The van der Waals surface area contributed by atoms with Crippen LogP contribution in [0.1, 0.15) is 12.8 Å². The van der Waals surface area contributed by atoms with Gasteiger partial charge in [-0.15, -0.1) is 0 Å². The molecule has 3 rings (SSSR count). The van der Waals surface area contributed by atoms with Gasteiger partial charge in [0.25, 0.3) is 15.9 Å². The largest absolute Gasteiger partial charge is 0.484 e. The van der Waals surface area contributed by atoms with E-state index in [-0.39, 0.29) is 23.5 Å². The Labute approximate surface area is 175 Å². The molecule has 0 aliphatic carbocycles. The molecule has 1 heterocycles. The van der Waals surface area contributed by atoms with Crippen LogP contribution < -0.4 is 14.4 Å². The summed E-state index contributed by atoms with van der Waals surface area (Å²) in [5, 5.41) is 3.25. The summed E-state index contributed by atoms with van der Waals surface area (Å²) in [5.41, 5.74) is 0.468. The molecule has 0 spiro atoms. The molecule has 1 aliphatic heterocycles. The number of nitrogens with zero attached hydrogens (tertiary/aromatic N) is 1. The first-order valence-corrected chi connectivity index (χ1v) is 11.0. The lowest BCUT2D eigenvalue weighted by atomic mass is 10.2. The van der Waals surface area contributed by atoms with Gasteiger partial charge in [0.05, 0.1) is 16.7 Å². The molecule has 1 saturated heterocycles. The lowest BCUT2D eigenvalue weighted by Crippen LogP contribution is -2.35. The van der Waals surface area contributed by atoms with E-state index in [0.717, 1.165) is 19.4 Å². The van der Waals surface area contributed by atoms with Crippen LogP contribution in [0.25, 0.3) is 0 Å². The molecule has 1 N–H and O–H groups in total. The van der Waals surface area contributed by atoms with Crippen LogP contribution in [0.15, 0.2) is 53.4 Å². The van der Waals surface area contributed by atoms with Gasteiger partial charge in [-0.2, -0.15) is 0 Å². The van der Waals surface area contributed by atoms with Crippen molar-refractivity contribution >= 4 is 33.2 Å². The molecule has 1 fully saturated rings. The van der Waals surface area contributed by atoms with Crippen LogP contribution in [0.3, 0.4) is 0 Å². The second-order valence-electron chi connectivity index (χ2n) is 6.65. The fourth-order valence-corrected chi connectivity index (χ4v) is 4.21. The van der Waals surface area contributed by atoms with Crippen molar-refractivity contribution in [1.29, 1.82) is 0 Å². The van der Waals surface area contributed by atoms with E-state index in [1.165, 1.54) is 35.6 Å². The standard InChI is InChI=1S/C20H23ClN2O5S/c1-23(29(25,26)19-10-4-15(21)5-11-19)16-6-8-17(9-7-16)28-14-20(24)22-13-18-3-2-12-27-18/h4-11,18H,2-3,12-14H2,1H3,(H,22,24)/t18-/m1/s1. The van der Waals surface area contributed by atoms with Crippen molar-refractivity contribution in [2.24, 2.45) is 0 Å². The molecule has 0 radical (unpaired) electrons. The van der Waals surface area contributed by atoms with Crippen LogP contribution in [-0.4, -0.2) is 47.2 Å². The van der Waals surface area contributed by atoms with Crippen LogP contribution in [0.4, 0.5) is 5.69 Å². The molecular weight excluding hydrogens is 416 g/mol. The first-order chi connectivity index (χ1) is 13.9. The van der Waals surface area contributed by atoms with Crippen molar-refractivity contribution in [3.05, 3.63) is 53.6 Å². The maximum atomic E-state index is 12.7. The van der Waals surface area contributed by atoms with E-state index in [0.29, 0.717) is 23.0 Å². The molecule has 7 nitrogen and oxygen atoms in total. The minimum Gasteiger partial charge on any atom is -0.484 e. The van der Waals surface area contributed by atoms with Crippen LogP contribution in [0.5, 0.6) is 5.75 Å². The van der Waals surface area contributed by atoms with E-state index in [1.54, 1.807) is 24.3 Å². The zero-order valence-corrected chi connectivity index (χ0v) is 17.6. The zero-order chi connectivity index (χ0) is 20.9. The molecule has 1 aliphatic rings. The summed E-state index contributed by atoms with van der Waals surface area (Å²) < 4.78 is 37.5. The first-order valence-electron chi connectivity index (χ1n) is 9.22. The third-order valence-electron chi connectivity index (χ3n) is 4.59. The predicted octanol–water partition coefficient (Wildman–Crippen LogP) is 2.84. The highest BCUT2D eigenvalue weighted by Crippen LogP contribution is 2.25. The minimum atomic E-state index is -3.71. The quantitative estimate of drug-likeness (QED) is 0.685. The SMILES string of the molecule is CN(c1ccc(OCC(=O)NC[C@H]2CCCO2)cc1)S(=O)(=O)c1ccc(Cl)cc1.